The number of anilines is 1. The Morgan fingerprint density at radius 1 is 1.29 bits per heavy atom. The predicted molar refractivity (Wildman–Crippen MR) is 56.1 cm³/mol. The zero-order chi connectivity index (χ0) is 9.97. The molecule has 0 atom stereocenters. The minimum atomic E-state index is -0.0591. The number of carbonyl (C=O) groups excluding carboxylic acids is 1. The van der Waals surface area contributed by atoms with E-state index in [1.54, 1.807) is 4.90 Å². The van der Waals surface area contributed by atoms with E-state index in [9.17, 15) is 4.79 Å². The van der Waals surface area contributed by atoms with E-state index < -0.39 is 0 Å². The lowest BCUT2D eigenvalue weighted by atomic mass is 10.2. The summed E-state index contributed by atoms with van der Waals surface area (Å²) in [5, 5.41) is 2.78. The second kappa shape index (κ2) is 3.54. The van der Waals surface area contributed by atoms with Gasteiger partial charge < -0.3 is 5.32 Å². The van der Waals surface area contributed by atoms with Crippen LogP contribution < -0.4 is 10.2 Å². The van der Waals surface area contributed by atoms with Crippen LogP contribution in [0.25, 0.3) is 0 Å². The van der Waals surface area contributed by atoms with Crippen LogP contribution in [0.15, 0.2) is 42.1 Å². The van der Waals surface area contributed by atoms with Crippen molar-refractivity contribution in [3.8, 4) is 0 Å². The highest BCUT2D eigenvalue weighted by Gasteiger charge is 2.17. The van der Waals surface area contributed by atoms with Crippen molar-refractivity contribution in [3.63, 3.8) is 0 Å². The number of amides is 2. The van der Waals surface area contributed by atoms with Crippen molar-refractivity contribution >= 4 is 11.7 Å². The van der Waals surface area contributed by atoms with Gasteiger partial charge in [-0.2, -0.15) is 0 Å². The first-order valence-corrected chi connectivity index (χ1v) is 4.58. The number of benzene rings is 1. The molecule has 1 aromatic rings. The van der Waals surface area contributed by atoms with E-state index in [-0.39, 0.29) is 6.03 Å². The molecule has 14 heavy (non-hydrogen) atoms. The van der Waals surface area contributed by atoms with Gasteiger partial charge in [-0.1, -0.05) is 18.2 Å². The maximum atomic E-state index is 11.6. The summed E-state index contributed by atoms with van der Waals surface area (Å²) < 4.78 is 0. The Labute approximate surface area is 83.0 Å². The molecule has 0 saturated heterocycles. The molecule has 1 aromatic carbocycles. The second-order valence-electron chi connectivity index (χ2n) is 3.26. The van der Waals surface area contributed by atoms with Crippen LogP contribution in [0, 0.1) is 0 Å². The number of nitrogens with one attached hydrogen (secondary N) is 1. The summed E-state index contributed by atoms with van der Waals surface area (Å²) in [6.45, 7) is 2.53. The van der Waals surface area contributed by atoms with Crippen molar-refractivity contribution < 1.29 is 4.79 Å². The van der Waals surface area contributed by atoms with Gasteiger partial charge in [0.25, 0.3) is 0 Å². The van der Waals surface area contributed by atoms with Gasteiger partial charge in [0.1, 0.15) is 0 Å². The molecule has 0 bridgehead atoms. The minimum absolute atomic E-state index is 0.0591. The highest BCUT2D eigenvalue weighted by Crippen LogP contribution is 2.15. The fraction of sp³-hybridized carbons (Fsp3) is 0.182. The molecule has 1 heterocycles. The third-order valence-electron chi connectivity index (χ3n) is 2.20. The third-order valence-corrected chi connectivity index (χ3v) is 2.20. The Morgan fingerprint density at radius 2 is 2.00 bits per heavy atom. The number of carbonyl (C=O) groups is 1. The molecule has 72 valence electrons. The van der Waals surface area contributed by atoms with Crippen LogP contribution in [-0.2, 0) is 0 Å². The second-order valence-corrected chi connectivity index (χ2v) is 3.26. The summed E-state index contributed by atoms with van der Waals surface area (Å²) in [4.78, 5) is 13.3. The molecule has 1 aliphatic rings. The third kappa shape index (κ3) is 1.62. The predicted octanol–water partition coefficient (Wildman–Crippen LogP) is 2.12. The van der Waals surface area contributed by atoms with E-state index in [1.807, 2.05) is 43.3 Å². The highest BCUT2D eigenvalue weighted by molar-refractivity contribution is 5.94. The zero-order valence-corrected chi connectivity index (χ0v) is 8.03. The van der Waals surface area contributed by atoms with Crippen molar-refractivity contribution in [3.05, 3.63) is 42.1 Å². The van der Waals surface area contributed by atoms with Crippen LogP contribution >= 0.6 is 0 Å². The van der Waals surface area contributed by atoms with Gasteiger partial charge in [0.05, 0.1) is 0 Å². The van der Waals surface area contributed by atoms with Crippen molar-refractivity contribution in [2.45, 2.75) is 6.92 Å². The Kier molecular flexibility index (Phi) is 2.23. The molecule has 0 saturated carbocycles. The van der Waals surface area contributed by atoms with Crippen LogP contribution in [0.2, 0.25) is 0 Å². The average molecular weight is 188 g/mol. The van der Waals surface area contributed by atoms with Gasteiger partial charge in [-0.15, -0.1) is 0 Å². The lowest BCUT2D eigenvalue weighted by molar-refractivity contribution is 0.248. The van der Waals surface area contributed by atoms with E-state index in [0.717, 1.165) is 11.4 Å². The number of nitrogens with zero attached hydrogens (tertiary/aromatic N) is 1. The molecule has 1 aliphatic heterocycles. The van der Waals surface area contributed by atoms with Crippen LogP contribution in [-0.4, -0.2) is 12.6 Å². The van der Waals surface area contributed by atoms with Gasteiger partial charge in [0, 0.05) is 17.9 Å². The van der Waals surface area contributed by atoms with Gasteiger partial charge in [-0.25, -0.2) is 4.79 Å². The van der Waals surface area contributed by atoms with Crippen LogP contribution in [0.4, 0.5) is 10.5 Å². The SMILES string of the molecule is CC1=CCN(c2ccccc2)C(=O)N1. The smallest absolute Gasteiger partial charge is 0.312 e. The van der Waals surface area contributed by atoms with Crippen LogP contribution in [0.1, 0.15) is 6.92 Å². The van der Waals surface area contributed by atoms with Gasteiger partial charge in [-0.05, 0) is 25.1 Å². The van der Waals surface area contributed by atoms with E-state index in [4.69, 9.17) is 0 Å². The van der Waals surface area contributed by atoms with Crippen molar-refractivity contribution in [1.29, 1.82) is 0 Å². The maximum absolute atomic E-state index is 11.6. The molecule has 3 nitrogen and oxygen atoms in total. The summed E-state index contributed by atoms with van der Waals surface area (Å²) in [5.41, 5.74) is 1.84. The topological polar surface area (TPSA) is 32.3 Å². The Bertz CT molecular complexity index is 370. The Morgan fingerprint density at radius 3 is 2.64 bits per heavy atom. The fourth-order valence-electron chi connectivity index (χ4n) is 1.43. The largest absolute Gasteiger partial charge is 0.326 e. The number of para-hydroxylation sites is 1. The first kappa shape index (κ1) is 8.81. The maximum Gasteiger partial charge on any atom is 0.326 e. The molecule has 0 fully saturated rings. The Hall–Kier alpha value is -1.77. The number of allylic oxidation sites excluding steroid dienone is 1. The van der Waals surface area contributed by atoms with Crippen molar-refractivity contribution in [2.24, 2.45) is 0 Å². The number of urea groups is 1. The minimum Gasteiger partial charge on any atom is -0.312 e. The molecule has 1 N–H and O–H groups in total. The summed E-state index contributed by atoms with van der Waals surface area (Å²) in [5.74, 6) is 0. The lowest BCUT2D eigenvalue weighted by Gasteiger charge is -2.25. The molecule has 0 unspecified atom stereocenters. The standard InChI is InChI=1S/C11H12N2O/c1-9-7-8-13(11(14)12-9)10-5-3-2-4-6-10/h2-7H,8H2,1H3,(H,12,14). The van der Waals surface area contributed by atoms with Crippen molar-refractivity contribution in [1.82, 2.24) is 5.32 Å². The zero-order valence-electron chi connectivity index (χ0n) is 8.03. The molecule has 0 spiro atoms. The summed E-state index contributed by atoms with van der Waals surface area (Å²) >= 11 is 0. The van der Waals surface area contributed by atoms with Gasteiger partial charge >= 0.3 is 6.03 Å². The summed E-state index contributed by atoms with van der Waals surface area (Å²) in [7, 11) is 0. The van der Waals surface area contributed by atoms with Gasteiger partial charge in [-0.3, -0.25) is 4.90 Å². The van der Waals surface area contributed by atoms with Gasteiger partial charge in [0.15, 0.2) is 0 Å². The molecule has 2 rings (SSSR count). The lowest BCUT2D eigenvalue weighted by Crippen LogP contribution is -2.43. The van der Waals surface area contributed by atoms with Crippen LogP contribution in [0.3, 0.4) is 0 Å². The first-order chi connectivity index (χ1) is 6.77. The molecular formula is C11H12N2O. The van der Waals surface area contributed by atoms with E-state index >= 15 is 0 Å². The first-order valence-electron chi connectivity index (χ1n) is 4.58. The number of hydrogen-bond acceptors (Lipinski definition) is 1. The monoisotopic (exact) mass is 188 g/mol. The normalized spacial score (nSPS) is 16.2. The fourth-order valence-corrected chi connectivity index (χ4v) is 1.43. The van der Waals surface area contributed by atoms with E-state index in [1.165, 1.54) is 0 Å². The van der Waals surface area contributed by atoms with E-state index in [0.29, 0.717) is 6.54 Å². The quantitative estimate of drug-likeness (QED) is 0.719. The molecule has 0 aliphatic carbocycles. The molecule has 3 heteroatoms. The summed E-state index contributed by atoms with van der Waals surface area (Å²) in [6, 6.07) is 9.58. The Balaban J connectivity index is 2.25. The van der Waals surface area contributed by atoms with E-state index in [2.05, 4.69) is 5.32 Å². The van der Waals surface area contributed by atoms with Crippen LogP contribution in [0.5, 0.6) is 0 Å². The number of hydrogen-bond donors (Lipinski definition) is 1. The molecule has 2 amide bonds. The molecular weight excluding hydrogens is 176 g/mol. The summed E-state index contributed by atoms with van der Waals surface area (Å²) in [6.07, 6.45) is 1.99. The van der Waals surface area contributed by atoms with Gasteiger partial charge in [0.2, 0.25) is 0 Å². The highest BCUT2D eigenvalue weighted by atomic mass is 16.2. The molecule has 0 aromatic heterocycles. The average Bonchev–Trinajstić information content (AvgIpc) is 2.19. The molecule has 0 radical (unpaired) electrons. The van der Waals surface area contributed by atoms with Crippen molar-refractivity contribution in [2.75, 3.05) is 11.4 Å². The number of rotatable bonds is 1.